The highest BCUT2D eigenvalue weighted by Crippen LogP contribution is 2.30. The third-order valence-corrected chi connectivity index (χ3v) is 6.06. The first-order valence-electron chi connectivity index (χ1n) is 11.0. The monoisotopic (exact) mass is 437 g/mol. The zero-order valence-electron chi connectivity index (χ0n) is 18.4. The number of primary amides is 1. The SMILES string of the molecule is CC(C)c1nccn1CCC(=O)N1CCCC(c2nc3ccc(F)cc3cc2C(N)=O)C1. The van der Waals surface area contributed by atoms with Gasteiger partial charge in [0.15, 0.2) is 0 Å². The van der Waals surface area contributed by atoms with Crippen molar-refractivity contribution in [3.05, 3.63) is 59.6 Å². The minimum Gasteiger partial charge on any atom is -0.366 e. The molecule has 0 radical (unpaired) electrons. The van der Waals surface area contributed by atoms with Crippen LogP contribution in [0.2, 0.25) is 0 Å². The van der Waals surface area contributed by atoms with Gasteiger partial charge in [-0.3, -0.25) is 14.6 Å². The molecule has 1 aliphatic rings. The number of imidazole rings is 1. The van der Waals surface area contributed by atoms with Crippen molar-refractivity contribution in [3.63, 3.8) is 0 Å². The molecular formula is C24H28FN5O2. The minimum atomic E-state index is -0.594. The molecule has 1 fully saturated rings. The highest BCUT2D eigenvalue weighted by Gasteiger charge is 2.28. The van der Waals surface area contributed by atoms with Crippen LogP contribution in [0.5, 0.6) is 0 Å². The fraction of sp³-hybridized carbons (Fsp3) is 0.417. The van der Waals surface area contributed by atoms with Gasteiger partial charge in [0.1, 0.15) is 11.6 Å². The number of aromatic nitrogens is 3. The molecule has 32 heavy (non-hydrogen) atoms. The lowest BCUT2D eigenvalue weighted by molar-refractivity contribution is -0.132. The molecule has 3 aromatic rings. The molecule has 0 aliphatic carbocycles. The Morgan fingerprint density at radius 2 is 2.09 bits per heavy atom. The molecular weight excluding hydrogens is 409 g/mol. The number of amides is 2. The van der Waals surface area contributed by atoms with Crippen LogP contribution in [0.15, 0.2) is 36.7 Å². The number of nitrogens with two attached hydrogens (primary N) is 1. The molecule has 1 atom stereocenters. The van der Waals surface area contributed by atoms with Crippen molar-refractivity contribution in [3.8, 4) is 0 Å². The maximum atomic E-state index is 13.6. The molecule has 1 aliphatic heterocycles. The first-order chi connectivity index (χ1) is 15.3. The number of piperidine rings is 1. The molecule has 168 valence electrons. The Balaban J connectivity index is 1.52. The first kappa shape index (κ1) is 21.9. The van der Waals surface area contributed by atoms with Gasteiger partial charge >= 0.3 is 0 Å². The number of carbonyl (C=O) groups is 2. The van der Waals surface area contributed by atoms with Crippen LogP contribution in [0.4, 0.5) is 4.39 Å². The highest BCUT2D eigenvalue weighted by atomic mass is 19.1. The number of hydrogen-bond donors (Lipinski definition) is 1. The zero-order valence-corrected chi connectivity index (χ0v) is 18.4. The van der Waals surface area contributed by atoms with Crippen LogP contribution >= 0.6 is 0 Å². The predicted molar refractivity (Wildman–Crippen MR) is 120 cm³/mol. The molecule has 1 saturated heterocycles. The van der Waals surface area contributed by atoms with Gasteiger partial charge in [-0.25, -0.2) is 9.37 Å². The molecule has 1 unspecified atom stereocenters. The van der Waals surface area contributed by atoms with E-state index < -0.39 is 11.7 Å². The minimum absolute atomic E-state index is 0.0709. The lowest BCUT2D eigenvalue weighted by Crippen LogP contribution is -2.40. The van der Waals surface area contributed by atoms with Crippen molar-refractivity contribution in [2.24, 2.45) is 5.73 Å². The molecule has 2 amide bonds. The average molecular weight is 438 g/mol. The Bertz CT molecular complexity index is 1160. The zero-order chi connectivity index (χ0) is 22.8. The van der Waals surface area contributed by atoms with E-state index in [-0.39, 0.29) is 11.8 Å². The number of carbonyl (C=O) groups excluding carboxylic acids is 2. The number of halogens is 1. The maximum absolute atomic E-state index is 13.6. The average Bonchev–Trinajstić information content (AvgIpc) is 3.25. The molecule has 0 saturated carbocycles. The summed E-state index contributed by atoms with van der Waals surface area (Å²) in [6.07, 6.45) is 5.68. The number of benzene rings is 1. The van der Waals surface area contributed by atoms with Gasteiger partial charge in [0.05, 0.1) is 16.8 Å². The lowest BCUT2D eigenvalue weighted by atomic mass is 9.90. The van der Waals surface area contributed by atoms with Crippen molar-refractivity contribution in [2.75, 3.05) is 13.1 Å². The van der Waals surface area contributed by atoms with Gasteiger partial charge < -0.3 is 15.2 Å². The molecule has 0 spiro atoms. The Labute approximate surface area is 186 Å². The molecule has 4 rings (SSSR count). The van der Waals surface area contributed by atoms with Crippen molar-refractivity contribution in [1.82, 2.24) is 19.4 Å². The summed E-state index contributed by atoms with van der Waals surface area (Å²) >= 11 is 0. The summed E-state index contributed by atoms with van der Waals surface area (Å²) in [4.78, 5) is 36.0. The standard InChI is InChI=1S/C24H28FN5O2/c1-15(2)24-27-8-11-29(24)10-7-21(31)30-9-3-4-16(14-30)22-19(23(26)32)13-17-12-18(25)5-6-20(17)28-22/h5-6,8,11-13,15-16H,3-4,7,9-10,14H2,1-2H3,(H2,26,32). The van der Waals surface area contributed by atoms with Crippen LogP contribution in [0.25, 0.3) is 10.9 Å². The van der Waals surface area contributed by atoms with E-state index in [0.717, 1.165) is 18.7 Å². The topological polar surface area (TPSA) is 94.1 Å². The van der Waals surface area contributed by atoms with Crippen molar-refractivity contribution in [1.29, 1.82) is 0 Å². The summed E-state index contributed by atoms with van der Waals surface area (Å²) in [5.74, 6) is 0.251. The third kappa shape index (κ3) is 4.49. The molecule has 8 heteroatoms. The fourth-order valence-corrected chi connectivity index (χ4v) is 4.48. The Hall–Kier alpha value is -3.29. The normalized spacial score (nSPS) is 16.6. The van der Waals surface area contributed by atoms with Gasteiger partial charge in [-0.05, 0) is 37.1 Å². The molecule has 2 N–H and O–H groups in total. The van der Waals surface area contributed by atoms with E-state index in [1.54, 1.807) is 18.3 Å². The number of likely N-dealkylation sites (tertiary alicyclic amines) is 1. The van der Waals surface area contributed by atoms with E-state index in [1.807, 2.05) is 15.7 Å². The van der Waals surface area contributed by atoms with Gasteiger partial charge in [-0.1, -0.05) is 13.8 Å². The first-order valence-corrected chi connectivity index (χ1v) is 11.0. The second-order valence-corrected chi connectivity index (χ2v) is 8.68. The van der Waals surface area contributed by atoms with Crippen molar-refractivity contribution < 1.29 is 14.0 Å². The van der Waals surface area contributed by atoms with Crippen LogP contribution in [-0.4, -0.2) is 44.3 Å². The fourth-order valence-electron chi connectivity index (χ4n) is 4.48. The quantitative estimate of drug-likeness (QED) is 0.638. The van der Waals surface area contributed by atoms with E-state index in [1.165, 1.54) is 12.1 Å². The highest BCUT2D eigenvalue weighted by molar-refractivity contribution is 5.97. The second kappa shape index (κ2) is 9.06. The van der Waals surface area contributed by atoms with Crippen LogP contribution in [0, 0.1) is 5.82 Å². The van der Waals surface area contributed by atoms with E-state index in [9.17, 15) is 14.0 Å². The van der Waals surface area contributed by atoms with E-state index in [2.05, 4.69) is 23.8 Å². The second-order valence-electron chi connectivity index (χ2n) is 8.68. The summed E-state index contributed by atoms with van der Waals surface area (Å²) in [6.45, 7) is 5.91. The van der Waals surface area contributed by atoms with Crippen LogP contribution in [-0.2, 0) is 11.3 Å². The van der Waals surface area contributed by atoms with E-state index in [4.69, 9.17) is 5.73 Å². The predicted octanol–water partition coefficient (Wildman–Crippen LogP) is 3.59. The van der Waals surface area contributed by atoms with Crippen molar-refractivity contribution in [2.45, 2.75) is 51.5 Å². The summed E-state index contributed by atoms with van der Waals surface area (Å²) in [5.41, 5.74) is 7.11. The lowest BCUT2D eigenvalue weighted by Gasteiger charge is -2.33. The smallest absolute Gasteiger partial charge is 0.250 e. The Morgan fingerprint density at radius 1 is 1.28 bits per heavy atom. The van der Waals surface area contributed by atoms with Gasteiger partial charge in [0, 0.05) is 55.7 Å². The molecule has 3 heterocycles. The van der Waals surface area contributed by atoms with Gasteiger partial charge in [-0.15, -0.1) is 0 Å². The number of nitrogens with zero attached hydrogens (tertiary/aromatic N) is 4. The molecule has 7 nitrogen and oxygen atoms in total. The van der Waals surface area contributed by atoms with Crippen LogP contribution in [0.3, 0.4) is 0 Å². The van der Waals surface area contributed by atoms with Crippen molar-refractivity contribution >= 4 is 22.7 Å². The summed E-state index contributed by atoms with van der Waals surface area (Å²) in [5, 5.41) is 0.535. The van der Waals surface area contributed by atoms with Gasteiger partial charge in [-0.2, -0.15) is 0 Å². The largest absolute Gasteiger partial charge is 0.366 e. The number of aryl methyl sites for hydroxylation is 1. The van der Waals surface area contributed by atoms with Crippen LogP contribution < -0.4 is 5.73 Å². The number of fused-ring (bicyclic) bond motifs is 1. The summed E-state index contributed by atoms with van der Waals surface area (Å²) < 4.78 is 15.6. The van der Waals surface area contributed by atoms with Crippen LogP contribution in [0.1, 0.15) is 66.8 Å². The van der Waals surface area contributed by atoms with Gasteiger partial charge in [0.25, 0.3) is 5.91 Å². The number of pyridine rings is 1. The Morgan fingerprint density at radius 3 is 2.84 bits per heavy atom. The van der Waals surface area contributed by atoms with Gasteiger partial charge in [0.2, 0.25) is 5.91 Å². The number of hydrogen-bond acceptors (Lipinski definition) is 4. The third-order valence-electron chi connectivity index (χ3n) is 6.06. The Kier molecular flexibility index (Phi) is 6.21. The molecule has 2 aromatic heterocycles. The number of rotatable bonds is 6. The maximum Gasteiger partial charge on any atom is 0.250 e. The summed E-state index contributed by atoms with van der Waals surface area (Å²) in [6, 6.07) is 5.90. The molecule has 1 aromatic carbocycles. The van der Waals surface area contributed by atoms with E-state index >= 15 is 0 Å². The molecule has 0 bridgehead atoms. The van der Waals surface area contributed by atoms with E-state index in [0.29, 0.717) is 54.1 Å². The summed E-state index contributed by atoms with van der Waals surface area (Å²) in [7, 11) is 0.